The number of benzene rings is 2. The summed E-state index contributed by atoms with van der Waals surface area (Å²) in [5, 5.41) is 0. The van der Waals surface area contributed by atoms with E-state index < -0.39 is 21.7 Å². The quantitative estimate of drug-likeness (QED) is 0.386. The van der Waals surface area contributed by atoms with Gasteiger partial charge < -0.3 is 13.6 Å². The summed E-state index contributed by atoms with van der Waals surface area (Å²) < 4.78 is 45.3. The van der Waals surface area contributed by atoms with Gasteiger partial charge in [0.2, 0.25) is 5.76 Å². The van der Waals surface area contributed by atoms with Gasteiger partial charge in [-0.2, -0.15) is 0 Å². The van der Waals surface area contributed by atoms with E-state index in [1.54, 1.807) is 19.1 Å². The van der Waals surface area contributed by atoms with Gasteiger partial charge >= 0.3 is 11.7 Å². The highest BCUT2D eigenvalue weighted by Crippen LogP contribution is 2.32. The number of aromatic nitrogens is 1. The number of rotatable bonds is 6. The van der Waals surface area contributed by atoms with Crippen LogP contribution in [0.5, 0.6) is 0 Å². The molecule has 0 fully saturated rings. The number of nitrogens with zero attached hydrogens (tertiary/aromatic N) is 2. The fraction of sp³-hybridized carbons (Fsp3) is 0.250. The molecule has 2 aromatic carbocycles. The molecule has 0 bridgehead atoms. The smallest absolute Gasteiger partial charge is 0.420 e. The first-order chi connectivity index (χ1) is 16.4. The lowest BCUT2D eigenvalue weighted by atomic mass is 10.0. The molecule has 10 heteroatoms. The van der Waals surface area contributed by atoms with Crippen molar-refractivity contribution < 1.29 is 26.8 Å². The number of furan rings is 1. The second-order valence-electron chi connectivity index (χ2n) is 7.88. The maximum Gasteiger partial charge on any atom is 0.420 e. The number of aryl methyl sites for hydroxylation is 1. The third-order valence-electron chi connectivity index (χ3n) is 5.75. The Balaban J connectivity index is 1.47. The van der Waals surface area contributed by atoms with Gasteiger partial charge in [-0.25, -0.2) is 18.0 Å². The van der Waals surface area contributed by atoms with Crippen molar-refractivity contribution in [1.29, 1.82) is 0 Å². The highest BCUT2D eigenvalue weighted by atomic mass is 32.2. The second kappa shape index (κ2) is 8.53. The van der Waals surface area contributed by atoms with E-state index in [2.05, 4.69) is 0 Å². The molecule has 0 spiro atoms. The standard InChI is InChI=1S/C24H22N2O7S/c1-2-31-23(27)21-12-9-17(32-21)15-25-20-11-10-18(14-22(20)33-24(25)28)34(29,30)26-13-5-7-16-6-3-4-8-19(16)26/h3-4,6,8-12,14H,2,5,7,13,15H2,1H3. The summed E-state index contributed by atoms with van der Waals surface area (Å²) in [4.78, 5) is 24.4. The maximum absolute atomic E-state index is 13.4. The summed E-state index contributed by atoms with van der Waals surface area (Å²) >= 11 is 0. The number of hydrogen-bond donors (Lipinski definition) is 0. The van der Waals surface area contributed by atoms with Crippen LogP contribution in [0.1, 0.15) is 35.2 Å². The third kappa shape index (κ3) is 3.79. The molecule has 0 radical (unpaired) electrons. The first-order valence-electron chi connectivity index (χ1n) is 10.9. The second-order valence-corrected chi connectivity index (χ2v) is 9.74. The van der Waals surface area contributed by atoms with Gasteiger partial charge in [-0.3, -0.25) is 8.87 Å². The largest absolute Gasteiger partial charge is 0.460 e. The number of carbonyl (C=O) groups is 1. The maximum atomic E-state index is 13.4. The molecule has 1 aliphatic heterocycles. The Morgan fingerprint density at radius 2 is 1.91 bits per heavy atom. The summed E-state index contributed by atoms with van der Waals surface area (Å²) in [5.74, 6) is -0.864. The predicted octanol–water partition coefficient (Wildman–Crippen LogP) is 3.55. The Morgan fingerprint density at radius 3 is 2.74 bits per heavy atom. The zero-order valence-corrected chi connectivity index (χ0v) is 19.2. The lowest BCUT2D eigenvalue weighted by Gasteiger charge is -2.30. The molecule has 0 atom stereocenters. The average Bonchev–Trinajstić information content (AvgIpc) is 3.43. The van der Waals surface area contributed by atoms with E-state index in [-0.39, 0.29) is 29.4 Å². The van der Waals surface area contributed by atoms with Gasteiger partial charge in [0.15, 0.2) is 5.58 Å². The Kier molecular flexibility index (Phi) is 5.52. The van der Waals surface area contributed by atoms with Crippen molar-refractivity contribution in [3.8, 4) is 0 Å². The molecule has 34 heavy (non-hydrogen) atoms. The average molecular weight is 483 g/mol. The fourth-order valence-corrected chi connectivity index (χ4v) is 5.72. The molecular weight excluding hydrogens is 460 g/mol. The van der Waals surface area contributed by atoms with Gasteiger partial charge in [0.25, 0.3) is 10.0 Å². The minimum Gasteiger partial charge on any atom is -0.460 e. The van der Waals surface area contributed by atoms with Gasteiger partial charge in [-0.05, 0) is 55.7 Å². The van der Waals surface area contributed by atoms with Crippen LogP contribution in [-0.4, -0.2) is 32.1 Å². The van der Waals surface area contributed by atoms with E-state index in [9.17, 15) is 18.0 Å². The fourth-order valence-electron chi connectivity index (χ4n) is 4.16. The van der Waals surface area contributed by atoms with Crippen LogP contribution in [0.2, 0.25) is 0 Å². The van der Waals surface area contributed by atoms with Crippen LogP contribution >= 0.6 is 0 Å². The topological polar surface area (TPSA) is 112 Å². The summed E-state index contributed by atoms with van der Waals surface area (Å²) in [6.07, 6.45) is 1.55. The summed E-state index contributed by atoms with van der Waals surface area (Å²) in [7, 11) is -3.85. The molecule has 176 valence electrons. The van der Waals surface area contributed by atoms with Crippen LogP contribution in [0.15, 0.2) is 73.1 Å². The van der Waals surface area contributed by atoms with E-state index in [1.165, 1.54) is 33.1 Å². The molecule has 3 heterocycles. The normalized spacial score (nSPS) is 13.7. The number of fused-ring (bicyclic) bond motifs is 2. The summed E-state index contributed by atoms with van der Waals surface area (Å²) in [6, 6.07) is 14.9. The van der Waals surface area contributed by atoms with Crippen LogP contribution in [0, 0.1) is 0 Å². The summed E-state index contributed by atoms with van der Waals surface area (Å²) in [5.41, 5.74) is 2.21. The molecule has 0 unspecified atom stereocenters. The van der Waals surface area contributed by atoms with E-state index in [4.69, 9.17) is 13.6 Å². The number of carbonyl (C=O) groups excluding carboxylic acids is 1. The number of esters is 1. The molecule has 5 rings (SSSR count). The molecular formula is C24H22N2O7S. The van der Waals surface area contributed by atoms with Gasteiger partial charge in [-0.15, -0.1) is 0 Å². The molecule has 0 saturated heterocycles. The Hall–Kier alpha value is -3.79. The van der Waals surface area contributed by atoms with Crippen molar-refractivity contribution in [2.45, 2.75) is 31.2 Å². The number of ether oxygens (including phenoxy) is 1. The van der Waals surface area contributed by atoms with Crippen LogP contribution in [0.3, 0.4) is 0 Å². The molecule has 0 amide bonds. The minimum atomic E-state index is -3.85. The van der Waals surface area contributed by atoms with Gasteiger partial charge in [0.05, 0.1) is 29.3 Å². The zero-order valence-electron chi connectivity index (χ0n) is 18.4. The lowest BCUT2D eigenvalue weighted by Crippen LogP contribution is -2.35. The van der Waals surface area contributed by atoms with Crippen LogP contribution in [-0.2, 0) is 27.7 Å². The van der Waals surface area contributed by atoms with Crippen molar-refractivity contribution >= 4 is 32.8 Å². The predicted molar refractivity (Wildman–Crippen MR) is 124 cm³/mol. The van der Waals surface area contributed by atoms with E-state index in [0.717, 1.165) is 18.4 Å². The van der Waals surface area contributed by atoms with Crippen LogP contribution in [0.25, 0.3) is 11.1 Å². The molecule has 2 aromatic heterocycles. The molecule has 9 nitrogen and oxygen atoms in total. The third-order valence-corrected chi connectivity index (χ3v) is 7.56. The minimum absolute atomic E-state index is 0.0107. The van der Waals surface area contributed by atoms with Crippen molar-refractivity contribution in [3.63, 3.8) is 0 Å². The van der Waals surface area contributed by atoms with Gasteiger partial charge in [0.1, 0.15) is 5.76 Å². The highest BCUT2D eigenvalue weighted by molar-refractivity contribution is 7.92. The van der Waals surface area contributed by atoms with Crippen LogP contribution in [0.4, 0.5) is 5.69 Å². The first kappa shape index (κ1) is 22.0. The van der Waals surface area contributed by atoms with Crippen LogP contribution < -0.4 is 10.1 Å². The van der Waals surface area contributed by atoms with Gasteiger partial charge in [0, 0.05) is 12.6 Å². The van der Waals surface area contributed by atoms with Crippen molar-refractivity contribution in [1.82, 2.24) is 4.57 Å². The Labute approximate surface area is 195 Å². The molecule has 0 aliphatic carbocycles. The zero-order chi connectivity index (χ0) is 23.9. The SMILES string of the molecule is CCOC(=O)c1ccc(Cn2c(=O)oc3cc(S(=O)(=O)N4CCCc5ccccc54)ccc32)o1. The van der Waals surface area contributed by atoms with Crippen molar-refractivity contribution in [2.24, 2.45) is 0 Å². The molecule has 4 aromatic rings. The Morgan fingerprint density at radius 1 is 1.09 bits per heavy atom. The lowest BCUT2D eigenvalue weighted by molar-refractivity contribution is 0.0488. The first-order valence-corrected chi connectivity index (χ1v) is 12.3. The Bertz CT molecular complexity index is 1540. The van der Waals surface area contributed by atoms with E-state index >= 15 is 0 Å². The molecule has 0 N–H and O–H groups in total. The molecule has 0 saturated carbocycles. The van der Waals surface area contributed by atoms with E-state index in [0.29, 0.717) is 23.5 Å². The summed E-state index contributed by atoms with van der Waals surface area (Å²) in [6.45, 7) is 2.30. The molecule has 1 aliphatic rings. The number of hydrogen-bond acceptors (Lipinski definition) is 7. The number of anilines is 1. The monoisotopic (exact) mass is 482 g/mol. The van der Waals surface area contributed by atoms with Gasteiger partial charge in [-0.1, -0.05) is 18.2 Å². The van der Waals surface area contributed by atoms with Crippen molar-refractivity contribution in [2.75, 3.05) is 17.5 Å². The number of sulfonamides is 1. The number of oxazole rings is 1. The number of para-hydroxylation sites is 1. The highest BCUT2D eigenvalue weighted by Gasteiger charge is 2.29. The van der Waals surface area contributed by atoms with E-state index in [1.807, 2.05) is 18.2 Å². The van der Waals surface area contributed by atoms with Crippen molar-refractivity contribution in [3.05, 3.63) is 82.2 Å².